The van der Waals surface area contributed by atoms with E-state index in [0.717, 1.165) is 0 Å². The minimum atomic E-state index is -3.67. The molecule has 0 bridgehead atoms. The SMILES string of the molecule is CC#N.CC#N.CC#N.CC#N.FC(F)F.[Cu]. The van der Waals surface area contributed by atoms with Crippen molar-refractivity contribution < 1.29 is 30.2 Å². The minimum absolute atomic E-state index is 0. The molecule has 1 radical (unpaired) electrons. The van der Waals surface area contributed by atoms with Crippen molar-refractivity contribution in [1.82, 2.24) is 0 Å². The Balaban J connectivity index is -0.0000000221. The number of alkyl halides is 3. The van der Waals surface area contributed by atoms with Gasteiger partial charge in [-0.2, -0.15) is 34.2 Å². The summed E-state index contributed by atoms with van der Waals surface area (Å²) in [4.78, 5) is 0. The molecule has 0 N–H and O–H groups in total. The fourth-order valence-electron chi connectivity index (χ4n) is 0. The van der Waals surface area contributed by atoms with Crippen LogP contribution in [-0.2, 0) is 17.1 Å². The molecule has 0 atom stereocenters. The Morgan fingerprint density at radius 3 is 0.647 bits per heavy atom. The Bertz CT molecular complexity index is 194. The van der Waals surface area contributed by atoms with E-state index in [9.17, 15) is 13.2 Å². The molecule has 0 saturated carbocycles. The van der Waals surface area contributed by atoms with Crippen LogP contribution in [-0.4, -0.2) is 6.68 Å². The van der Waals surface area contributed by atoms with Crippen molar-refractivity contribution in [1.29, 1.82) is 21.0 Å². The van der Waals surface area contributed by atoms with Crippen molar-refractivity contribution in [2.45, 2.75) is 34.4 Å². The molecule has 0 amide bonds. The van der Waals surface area contributed by atoms with Gasteiger partial charge < -0.3 is 0 Å². The first-order valence-electron chi connectivity index (χ1n) is 3.55. The standard InChI is InChI=1S/4C2H3N.CHF3.Cu/c4*1-2-3;2-1(3)4;/h4*1H3;1H;. The molecule has 0 rings (SSSR count). The van der Waals surface area contributed by atoms with Crippen LogP contribution in [0.4, 0.5) is 13.2 Å². The molecule has 0 unspecified atom stereocenters. The van der Waals surface area contributed by atoms with Crippen LogP contribution in [0, 0.1) is 45.3 Å². The first kappa shape index (κ1) is 36.2. The largest absolute Gasteiger partial charge is 0.379 e. The summed E-state index contributed by atoms with van der Waals surface area (Å²) in [6.07, 6.45) is 0. The van der Waals surface area contributed by atoms with Crippen molar-refractivity contribution >= 4 is 0 Å². The zero-order valence-corrected chi connectivity index (χ0v) is 10.7. The first-order valence-corrected chi connectivity index (χ1v) is 3.55. The molecule has 0 aliphatic heterocycles. The number of rotatable bonds is 0. The summed E-state index contributed by atoms with van der Waals surface area (Å²) in [7, 11) is 0. The fraction of sp³-hybridized carbons (Fsp3) is 0.556. The van der Waals surface area contributed by atoms with Gasteiger partial charge in [0.2, 0.25) is 0 Å². The predicted molar refractivity (Wildman–Crippen MR) is 52.3 cm³/mol. The molecule has 17 heavy (non-hydrogen) atoms. The molecule has 8 heteroatoms. The number of nitriles is 4. The molecule has 101 valence electrons. The zero-order chi connectivity index (χ0) is 14.4. The van der Waals surface area contributed by atoms with Gasteiger partial charge in [-0.1, -0.05) is 0 Å². The Labute approximate surface area is 110 Å². The van der Waals surface area contributed by atoms with Gasteiger partial charge in [-0.25, -0.2) is 0 Å². The van der Waals surface area contributed by atoms with E-state index in [2.05, 4.69) is 0 Å². The summed E-state index contributed by atoms with van der Waals surface area (Å²) < 4.78 is 29.0. The summed E-state index contributed by atoms with van der Waals surface area (Å²) in [5, 5.41) is 29.3. The average molecular weight is 298 g/mol. The van der Waals surface area contributed by atoms with E-state index in [-0.39, 0.29) is 17.1 Å². The summed E-state index contributed by atoms with van der Waals surface area (Å²) >= 11 is 0. The van der Waals surface area contributed by atoms with Gasteiger partial charge in [0.05, 0.1) is 24.3 Å². The van der Waals surface area contributed by atoms with Crippen molar-refractivity contribution in [2.24, 2.45) is 0 Å². The van der Waals surface area contributed by atoms with Gasteiger partial charge in [-0.05, 0) is 0 Å². The Hall–Kier alpha value is -1.73. The predicted octanol–water partition coefficient (Wildman–Crippen LogP) is 3.30. The topological polar surface area (TPSA) is 95.2 Å². The van der Waals surface area contributed by atoms with Crippen LogP contribution in [0.5, 0.6) is 0 Å². The van der Waals surface area contributed by atoms with E-state index in [1.165, 1.54) is 27.7 Å². The molecule has 0 aromatic carbocycles. The molecular formula is C9H13CuF3N4. The molecule has 0 aliphatic carbocycles. The fourth-order valence-corrected chi connectivity index (χ4v) is 0. The molecule has 0 fully saturated rings. The van der Waals surface area contributed by atoms with Gasteiger partial charge in [-0.15, -0.1) is 0 Å². The molecule has 0 aliphatic rings. The van der Waals surface area contributed by atoms with Crippen molar-refractivity contribution in [3.05, 3.63) is 0 Å². The smallest absolute Gasteiger partial charge is 0.199 e. The number of hydrogen-bond donors (Lipinski definition) is 0. The second kappa shape index (κ2) is 90.5. The van der Waals surface area contributed by atoms with E-state index >= 15 is 0 Å². The van der Waals surface area contributed by atoms with Crippen LogP contribution >= 0.6 is 0 Å². The molecule has 0 aromatic rings. The molecule has 0 aromatic heterocycles. The Morgan fingerprint density at radius 1 is 0.647 bits per heavy atom. The quantitative estimate of drug-likeness (QED) is 0.641. The van der Waals surface area contributed by atoms with E-state index in [4.69, 9.17) is 21.0 Å². The van der Waals surface area contributed by atoms with Crippen LogP contribution in [0.2, 0.25) is 0 Å². The van der Waals surface area contributed by atoms with E-state index in [1.807, 2.05) is 0 Å². The van der Waals surface area contributed by atoms with Crippen LogP contribution in [0.15, 0.2) is 0 Å². The second-order valence-corrected chi connectivity index (χ2v) is 1.14. The van der Waals surface area contributed by atoms with Gasteiger partial charge in [0.15, 0.2) is 0 Å². The van der Waals surface area contributed by atoms with Crippen molar-refractivity contribution in [3.63, 3.8) is 0 Å². The molecule has 0 heterocycles. The summed E-state index contributed by atoms with van der Waals surface area (Å²) in [6.45, 7) is 2.06. The molecule has 0 saturated heterocycles. The van der Waals surface area contributed by atoms with Crippen molar-refractivity contribution in [2.75, 3.05) is 0 Å². The number of nitrogens with zero attached hydrogens (tertiary/aromatic N) is 4. The van der Waals surface area contributed by atoms with Crippen LogP contribution in [0.1, 0.15) is 27.7 Å². The molecular weight excluding hydrogens is 285 g/mol. The molecule has 0 spiro atoms. The maximum absolute atomic E-state index is 9.67. The van der Waals surface area contributed by atoms with Gasteiger partial charge in [-0.3, -0.25) is 0 Å². The van der Waals surface area contributed by atoms with Crippen LogP contribution < -0.4 is 0 Å². The van der Waals surface area contributed by atoms with Gasteiger partial charge in [0.25, 0.3) is 0 Å². The van der Waals surface area contributed by atoms with Crippen molar-refractivity contribution in [3.8, 4) is 24.3 Å². The maximum Gasteiger partial charge on any atom is 0.379 e. The number of hydrogen-bond acceptors (Lipinski definition) is 4. The second-order valence-electron chi connectivity index (χ2n) is 1.14. The normalized spacial score (nSPS) is 4.00. The Kier molecular flexibility index (Phi) is 193. The third-order valence-electron chi connectivity index (χ3n) is 0. The minimum Gasteiger partial charge on any atom is -0.199 e. The maximum atomic E-state index is 9.67. The third-order valence-corrected chi connectivity index (χ3v) is 0. The van der Waals surface area contributed by atoms with Gasteiger partial charge in [0.1, 0.15) is 0 Å². The zero-order valence-electron chi connectivity index (χ0n) is 9.80. The summed E-state index contributed by atoms with van der Waals surface area (Å²) in [5.41, 5.74) is 0. The summed E-state index contributed by atoms with van der Waals surface area (Å²) in [5.74, 6) is 0. The first-order chi connectivity index (χ1) is 7.39. The average Bonchev–Trinajstić information content (AvgIpc) is 2.06. The molecule has 4 nitrogen and oxygen atoms in total. The third kappa shape index (κ3) is 717. The van der Waals surface area contributed by atoms with Crippen LogP contribution in [0.25, 0.3) is 0 Å². The van der Waals surface area contributed by atoms with E-state index in [0.29, 0.717) is 0 Å². The van der Waals surface area contributed by atoms with E-state index in [1.54, 1.807) is 24.3 Å². The van der Waals surface area contributed by atoms with E-state index < -0.39 is 6.68 Å². The Morgan fingerprint density at radius 2 is 0.647 bits per heavy atom. The van der Waals surface area contributed by atoms with Gasteiger partial charge in [0, 0.05) is 44.8 Å². The number of halogens is 3. The summed E-state index contributed by atoms with van der Waals surface area (Å²) in [6, 6.07) is 7.00. The van der Waals surface area contributed by atoms with Gasteiger partial charge >= 0.3 is 6.68 Å². The van der Waals surface area contributed by atoms with Crippen LogP contribution in [0.3, 0.4) is 0 Å². The monoisotopic (exact) mass is 297 g/mol.